The summed E-state index contributed by atoms with van der Waals surface area (Å²) in [7, 11) is -2.71. The second-order valence-corrected chi connectivity index (χ2v) is 10.4. The fourth-order valence-corrected chi connectivity index (χ4v) is 5.15. The van der Waals surface area contributed by atoms with Crippen LogP contribution in [-0.2, 0) is 26.2 Å². The predicted octanol–water partition coefficient (Wildman–Crippen LogP) is 3.80. The molecule has 3 rings (SSSR count). The van der Waals surface area contributed by atoms with Gasteiger partial charge in [-0.1, -0.05) is 42.0 Å². The molecule has 0 spiro atoms. The molecule has 1 N–H and O–H groups in total. The second-order valence-electron chi connectivity index (χ2n) is 8.54. The maximum Gasteiger partial charge on any atom is 0.264 e. The fraction of sp³-hybridized carbons (Fsp3) is 0.259. The summed E-state index contributed by atoms with van der Waals surface area (Å²) in [5, 5.41) is 2.55. The predicted molar refractivity (Wildman–Crippen MR) is 137 cm³/mol. The Bertz CT molecular complexity index is 1330. The lowest BCUT2D eigenvalue weighted by molar-refractivity contribution is -0.139. The zero-order valence-electron chi connectivity index (χ0n) is 20.7. The van der Waals surface area contributed by atoms with Crippen molar-refractivity contribution < 1.29 is 22.4 Å². The molecule has 0 bridgehead atoms. The molecular formula is C27H30FN3O4S. The van der Waals surface area contributed by atoms with Gasteiger partial charge >= 0.3 is 0 Å². The Morgan fingerprint density at radius 3 is 2.14 bits per heavy atom. The Labute approximate surface area is 211 Å². The van der Waals surface area contributed by atoms with Gasteiger partial charge in [-0.15, -0.1) is 0 Å². The summed E-state index contributed by atoms with van der Waals surface area (Å²) in [5.74, 6) is -1.49. The molecule has 0 aromatic heterocycles. The van der Waals surface area contributed by atoms with Crippen LogP contribution in [0.3, 0.4) is 0 Å². The first-order valence-electron chi connectivity index (χ1n) is 11.4. The van der Waals surface area contributed by atoms with Crippen LogP contribution in [0.15, 0.2) is 77.7 Å². The van der Waals surface area contributed by atoms with Crippen LogP contribution in [0, 0.1) is 19.7 Å². The fourth-order valence-electron chi connectivity index (χ4n) is 3.74. The molecule has 190 valence electrons. The Balaban J connectivity index is 2.03. The number of anilines is 1. The number of rotatable bonds is 9. The highest BCUT2D eigenvalue weighted by atomic mass is 32.2. The topological polar surface area (TPSA) is 86.8 Å². The Morgan fingerprint density at radius 1 is 0.944 bits per heavy atom. The van der Waals surface area contributed by atoms with Crippen LogP contribution < -0.4 is 9.62 Å². The molecule has 0 unspecified atom stereocenters. The third kappa shape index (κ3) is 6.09. The van der Waals surface area contributed by atoms with Crippen LogP contribution in [-0.4, -0.2) is 44.8 Å². The highest BCUT2D eigenvalue weighted by Gasteiger charge is 2.32. The summed E-state index contributed by atoms with van der Waals surface area (Å²) in [6.07, 6.45) is 0. The van der Waals surface area contributed by atoms with Crippen LogP contribution >= 0.6 is 0 Å². The van der Waals surface area contributed by atoms with E-state index in [1.165, 1.54) is 36.2 Å². The zero-order chi connectivity index (χ0) is 26.5. The van der Waals surface area contributed by atoms with Gasteiger partial charge in [0.2, 0.25) is 11.8 Å². The molecule has 0 aliphatic heterocycles. The summed E-state index contributed by atoms with van der Waals surface area (Å²) in [6, 6.07) is 17.7. The number of carbonyl (C=O) groups excluding carboxylic acids is 2. The summed E-state index contributed by atoms with van der Waals surface area (Å²) in [4.78, 5) is 27.5. The molecule has 0 heterocycles. The third-order valence-corrected chi connectivity index (χ3v) is 7.81. The van der Waals surface area contributed by atoms with Crippen molar-refractivity contribution in [2.24, 2.45) is 0 Å². The first kappa shape index (κ1) is 26.9. The molecule has 3 aromatic rings. The molecule has 9 heteroatoms. The number of aryl methyl sites for hydroxylation is 2. The summed E-state index contributed by atoms with van der Waals surface area (Å²) in [5.41, 5.74) is 2.77. The number of halogens is 1. The van der Waals surface area contributed by atoms with Crippen molar-refractivity contribution in [3.8, 4) is 0 Å². The van der Waals surface area contributed by atoms with Crippen molar-refractivity contribution >= 4 is 27.5 Å². The largest absolute Gasteiger partial charge is 0.357 e. The van der Waals surface area contributed by atoms with Gasteiger partial charge in [0.25, 0.3) is 10.0 Å². The minimum Gasteiger partial charge on any atom is -0.357 e. The lowest BCUT2D eigenvalue weighted by Crippen LogP contribution is -2.50. The molecule has 3 aromatic carbocycles. The quantitative estimate of drug-likeness (QED) is 0.474. The van der Waals surface area contributed by atoms with Gasteiger partial charge in [0.05, 0.1) is 10.6 Å². The molecule has 36 heavy (non-hydrogen) atoms. The summed E-state index contributed by atoms with van der Waals surface area (Å²) < 4.78 is 41.9. The molecule has 1 atom stereocenters. The summed E-state index contributed by atoms with van der Waals surface area (Å²) >= 11 is 0. The average molecular weight is 512 g/mol. The number of nitrogens with one attached hydrogen (secondary N) is 1. The Hall–Kier alpha value is -3.72. The normalized spacial score (nSPS) is 12.0. The molecule has 0 saturated carbocycles. The maximum atomic E-state index is 13.7. The highest BCUT2D eigenvalue weighted by Crippen LogP contribution is 2.25. The van der Waals surface area contributed by atoms with Gasteiger partial charge in [0, 0.05) is 13.6 Å². The van der Waals surface area contributed by atoms with Gasteiger partial charge in [0.15, 0.2) is 0 Å². The lowest BCUT2D eigenvalue weighted by atomic mass is 10.1. The molecule has 0 aliphatic carbocycles. The standard InChI is InChI=1S/C27H30FN3O4S/c1-19-9-15-25(16-10-19)36(34,35)31(24-13-11-23(28)12-14-24)18-26(32)30(21(3)27(33)29-4)17-22-8-6-5-7-20(22)2/h5-16,21H,17-18H2,1-4H3,(H,29,33)/t21-/m1/s1. The van der Waals surface area contributed by atoms with E-state index in [9.17, 15) is 22.4 Å². The van der Waals surface area contributed by atoms with Crippen molar-refractivity contribution in [2.75, 3.05) is 17.9 Å². The van der Waals surface area contributed by atoms with Gasteiger partial charge in [-0.05, 0) is 68.3 Å². The molecule has 7 nitrogen and oxygen atoms in total. The van der Waals surface area contributed by atoms with Crippen LogP contribution in [0.5, 0.6) is 0 Å². The molecule has 0 saturated heterocycles. The number of sulfonamides is 1. The molecule has 0 radical (unpaired) electrons. The molecule has 0 aliphatic rings. The zero-order valence-corrected chi connectivity index (χ0v) is 21.5. The van der Waals surface area contributed by atoms with Gasteiger partial charge in [-0.3, -0.25) is 13.9 Å². The van der Waals surface area contributed by atoms with Crippen molar-refractivity contribution in [2.45, 2.75) is 38.3 Å². The van der Waals surface area contributed by atoms with Crippen LogP contribution in [0.2, 0.25) is 0 Å². The number of likely N-dealkylation sites (N-methyl/N-ethyl adjacent to an activating group) is 1. The summed E-state index contributed by atoms with van der Waals surface area (Å²) in [6.45, 7) is 4.86. The third-order valence-electron chi connectivity index (χ3n) is 6.02. The van der Waals surface area contributed by atoms with E-state index in [2.05, 4.69) is 5.32 Å². The number of hydrogen-bond acceptors (Lipinski definition) is 4. The highest BCUT2D eigenvalue weighted by molar-refractivity contribution is 7.92. The van der Waals surface area contributed by atoms with Crippen LogP contribution in [0.1, 0.15) is 23.6 Å². The van der Waals surface area contributed by atoms with Crippen molar-refractivity contribution in [1.82, 2.24) is 10.2 Å². The number of carbonyl (C=O) groups is 2. The Morgan fingerprint density at radius 2 is 1.56 bits per heavy atom. The minimum absolute atomic E-state index is 0.00460. The van der Waals surface area contributed by atoms with Crippen molar-refractivity contribution in [3.05, 3.63) is 95.3 Å². The van der Waals surface area contributed by atoms with E-state index in [4.69, 9.17) is 0 Å². The van der Waals surface area contributed by atoms with E-state index in [1.807, 2.05) is 38.1 Å². The number of hydrogen-bond donors (Lipinski definition) is 1. The van der Waals surface area contributed by atoms with Crippen molar-refractivity contribution in [1.29, 1.82) is 0 Å². The van der Waals surface area contributed by atoms with Gasteiger partial charge < -0.3 is 10.2 Å². The minimum atomic E-state index is -4.18. The number of benzene rings is 3. The lowest BCUT2D eigenvalue weighted by Gasteiger charge is -2.32. The average Bonchev–Trinajstić information content (AvgIpc) is 2.86. The van der Waals surface area contributed by atoms with Crippen LogP contribution in [0.25, 0.3) is 0 Å². The van der Waals surface area contributed by atoms with Crippen LogP contribution in [0.4, 0.5) is 10.1 Å². The molecule has 0 fully saturated rings. The van der Waals surface area contributed by atoms with Crippen molar-refractivity contribution in [3.63, 3.8) is 0 Å². The molecule has 2 amide bonds. The van der Waals surface area contributed by atoms with Gasteiger partial charge in [-0.2, -0.15) is 0 Å². The van der Waals surface area contributed by atoms with Gasteiger partial charge in [-0.25, -0.2) is 12.8 Å². The van der Waals surface area contributed by atoms with E-state index in [0.717, 1.165) is 33.1 Å². The van der Waals surface area contributed by atoms with E-state index >= 15 is 0 Å². The maximum absolute atomic E-state index is 13.7. The smallest absolute Gasteiger partial charge is 0.264 e. The first-order chi connectivity index (χ1) is 17.0. The van der Waals surface area contributed by atoms with E-state index in [-0.39, 0.29) is 23.0 Å². The Kier molecular flexibility index (Phi) is 8.47. The first-order valence-corrected chi connectivity index (χ1v) is 12.9. The SMILES string of the molecule is CNC(=O)[C@@H](C)N(Cc1ccccc1C)C(=O)CN(c1ccc(F)cc1)S(=O)(=O)c1ccc(C)cc1. The van der Waals surface area contributed by atoms with E-state index < -0.39 is 34.3 Å². The number of amides is 2. The van der Waals surface area contributed by atoms with E-state index in [0.29, 0.717) is 0 Å². The monoisotopic (exact) mass is 511 g/mol. The van der Waals surface area contributed by atoms with Gasteiger partial charge in [0.1, 0.15) is 18.4 Å². The number of nitrogens with zero attached hydrogens (tertiary/aromatic N) is 2. The molecular weight excluding hydrogens is 481 g/mol. The van der Waals surface area contributed by atoms with E-state index in [1.54, 1.807) is 19.1 Å². The second kappa shape index (κ2) is 11.3.